The lowest BCUT2D eigenvalue weighted by Gasteiger charge is -2.36. The molecule has 0 saturated carbocycles. The van der Waals surface area contributed by atoms with Crippen LogP contribution in [0.1, 0.15) is 31.2 Å². The molecule has 0 bridgehead atoms. The number of carboxylic acid groups (broad SMARTS) is 1. The summed E-state index contributed by atoms with van der Waals surface area (Å²) >= 11 is 1.75. The molecule has 1 aromatic rings. The molecular formula is C14H19NO2S. The summed E-state index contributed by atoms with van der Waals surface area (Å²) < 4.78 is 0. The van der Waals surface area contributed by atoms with Crippen LogP contribution in [0.3, 0.4) is 0 Å². The summed E-state index contributed by atoms with van der Waals surface area (Å²) in [6.07, 6.45) is 3.13. The zero-order chi connectivity index (χ0) is 13.1. The van der Waals surface area contributed by atoms with Gasteiger partial charge in [-0.05, 0) is 49.6 Å². The Labute approximate surface area is 112 Å². The van der Waals surface area contributed by atoms with Gasteiger partial charge in [0.1, 0.15) is 0 Å². The molecule has 1 amide bonds. The van der Waals surface area contributed by atoms with Gasteiger partial charge in [-0.15, -0.1) is 11.8 Å². The third kappa shape index (κ3) is 2.80. The second-order valence-corrected chi connectivity index (χ2v) is 5.70. The first-order valence-electron chi connectivity index (χ1n) is 6.25. The Balaban J connectivity index is 2.09. The van der Waals surface area contributed by atoms with Gasteiger partial charge >= 0.3 is 6.09 Å². The summed E-state index contributed by atoms with van der Waals surface area (Å²) in [4.78, 5) is 13.9. The predicted octanol–water partition coefficient (Wildman–Crippen LogP) is 3.65. The summed E-state index contributed by atoms with van der Waals surface area (Å²) in [6.45, 7) is 2.64. The van der Waals surface area contributed by atoms with Crippen molar-refractivity contribution >= 4 is 17.9 Å². The Morgan fingerprint density at radius 1 is 1.50 bits per heavy atom. The van der Waals surface area contributed by atoms with Crippen molar-refractivity contribution in [3.63, 3.8) is 0 Å². The minimum absolute atomic E-state index is 0.110. The van der Waals surface area contributed by atoms with Gasteiger partial charge in [0.2, 0.25) is 0 Å². The normalized spacial score (nSPS) is 24.0. The van der Waals surface area contributed by atoms with Crippen molar-refractivity contribution in [2.75, 3.05) is 12.8 Å². The van der Waals surface area contributed by atoms with Crippen LogP contribution in [0.5, 0.6) is 0 Å². The number of thioether (sulfide) groups is 1. The van der Waals surface area contributed by atoms with Crippen LogP contribution in [0.15, 0.2) is 29.2 Å². The van der Waals surface area contributed by atoms with Crippen LogP contribution < -0.4 is 0 Å². The number of hydrogen-bond acceptors (Lipinski definition) is 2. The molecule has 0 aliphatic carbocycles. The van der Waals surface area contributed by atoms with Gasteiger partial charge in [-0.25, -0.2) is 4.79 Å². The van der Waals surface area contributed by atoms with Crippen molar-refractivity contribution in [3.8, 4) is 0 Å². The second kappa shape index (κ2) is 5.65. The van der Waals surface area contributed by atoms with Gasteiger partial charge in [0.05, 0.1) is 0 Å². The Morgan fingerprint density at radius 2 is 2.28 bits per heavy atom. The Kier molecular flexibility index (Phi) is 4.17. The third-order valence-corrected chi connectivity index (χ3v) is 4.41. The van der Waals surface area contributed by atoms with E-state index in [1.165, 1.54) is 10.5 Å². The molecule has 2 rings (SSSR count). The first kappa shape index (κ1) is 13.3. The fourth-order valence-electron chi connectivity index (χ4n) is 2.65. The Bertz CT molecular complexity index is 436. The molecule has 0 radical (unpaired) electrons. The van der Waals surface area contributed by atoms with E-state index in [2.05, 4.69) is 30.5 Å². The van der Waals surface area contributed by atoms with Crippen LogP contribution in [0.2, 0.25) is 0 Å². The molecule has 1 N–H and O–H groups in total. The van der Waals surface area contributed by atoms with Crippen LogP contribution >= 0.6 is 11.8 Å². The molecular weight excluding hydrogens is 246 g/mol. The first-order chi connectivity index (χ1) is 8.61. The van der Waals surface area contributed by atoms with E-state index in [9.17, 15) is 4.79 Å². The number of nitrogens with zero attached hydrogens (tertiary/aromatic N) is 1. The van der Waals surface area contributed by atoms with Crippen LogP contribution in [0, 0.1) is 0 Å². The highest BCUT2D eigenvalue weighted by molar-refractivity contribution is 7.98. The van der Waals surface area contributed by atoms with Crippen molar-refractivity contribution in [3.05, 3.63) is 29.8 Å². The molecule has 1 aromatic carbocycles. The average molecular weight is 265 g/mol. The van der Waals surface area contributed by atoms with Crippen molar-refractivity contribution in [1.29, 1.82) is 0 Å². The molecule has 18 heavy (non-hydrogen) atoms. The van der Waals surface area contributed by atoms with E-state index in [1.54, 1.807) is 16.7 Å². The van der Waals surface area contributed by atoms with Gasteiger partial charge < -0.3 is 10.0 Å². The summed E-state index contributed by atoms with van der Waals surface area (Å²) in [5.74, 6) is 0.489. The summed E-state index contributed by atoms with van der Waals surface area (Å²) in [6, 6.07) is 8.71. The number of benzene rings is 1. The maximum atomic E-state index is 11.0. The van der Waals surface area contributed by atoms with Crippen molar-refractivity contribution in [2.24, 2.45) is 0 Å². The SMILES string of the molecule is CSc1cccc(C2CCN(C(=O)O)C(C)C2)c1. The molecule has 3 nitrogen and oxygen atoms in total. The van der Waals surface area contributed by atoms with Crippen LogP contribution in [-0.2, 0) is 0 Å². The maximum Gasteiger partial charge on any atom is 0.407 e. The lowest BCUT2D eigenvalue weighted by atomic mass is 9.86. The van der Waals surface area contributed by atoms with Gasteiger partial charge in [-0.3, -0.25) is 0 Å². The Hall–Kier alpha value is -1.16. The first-order valence-corrected chi connectivity index (χ1v) is 7.48. The number of likely N-dealkylation sites (tertiary alicyclic amines) is 1. The fraction of sp³-hybridized carbons (Fsp3) is 0.500. The van der Waals surface area contributed by atoms with Crippen molar-refractivity contribution < 1.29 is 9.90 Å². The van der Waals surface area contributed by atoms with Crippen LogP contribution in [-0.4, -0.2) is 34.9 Å². The van der Waals surface area contributed by atoms with E-state index in [4.69, 9.17) is 5.11 Å². The maximum absolute atomic E-state index is 11.0. The van der Waals surface area contributed by atoms with E-state index in [1.807, 2.05) is 6.92 Å². The molecule has 1 aliphatic rings. The van der Waals surface area contributed by atoms with Crippen molar-refractivity contribution in [2.45, 2.75) is 36.6 Å². The molecule has 1 fully saturated rings. The number of rotatable bonds is 2. The third-order valence-electron chi connectivity index (χ3n) is 3.69. The molecule has 2 atom stereocenters. The highest BCUT2D eigenvalue weighted by Gasteiger charge is 2.29. The molecule has 1 saturated heterocycles. The number of amides is 1. The fourth-order valence-corrected chi connectivity index (χ4v) is 3.12. The van der Waals surface area contributed by atoms with Crippen LogP contribution in [0.4, 0.5) is 4.79 Å². The summed E-state index contributed by atoms with van der Waals surface area (Å²) in [5, 5.41) is 9.07. The lowest BCUT2D eigenvalue weighted by molar-refractivity contribution is 0.107. The molecule has 0 aromatic heterocycles. The highest BCUT2D eigenvalue weighted by atomic mass is 32.2. The van der Waals surface area contributed by atoms with Crippen molar-refractivity contribution in [1.82, 2.24) is 4.90 Å². The standard InChI is InChI=1S/C14H19NO2S/c1-10-8-12(6-7-15(10)14(16)17)11-4-3-5-13(9-11)18-2/h3-5,9-10,12H,6-8H2,1-2H3,(H,16,17). The van der Waals surface area contributed by atoms with E-state index < -0.39 is 6.09 Å². The number of piperidine rings is 1. The number of hydrogen-bond donors (Lipinski definition) is 1. The highest BCUT2D eigenvalue weighted by Crippen LogP contribution is 2.32. The summed E-state index contributed by atoms with van der Waals surface area (Å²) in [7, 11) is 0. The van der Waals surface area contributed by atoms with Gasteiger partial charge in [-0.1, -0.05) is 12.1 Å². The zero-order valence-electron chi connectivity index (χ0n) is 10.8. The number of carbonyl (C=O) groups is 1. The van der Waals surface area contributed by atoms with E-state index in [-0.39, 0.29) is 6.04 Å². The minimum Gasteiger partial charge on any atom is -0.465 e. The topological polar surface area (TPSA) is 40.5 Å². The predicted molar refractivity (Wildman–Crippen MR) is 74.4 cm³/mol. The van der Waals surface area contributed by atoms with E-state index in [0.29, 0.717) is 12.5 Å². The molecule has 2 unspecified atom stereocenters. The molecule has 98 valence electrons. The van der Waals surface area contributed by atoms with E-state index in [0.717, 1.165) is 12.8 Å². The largest absolute Gasteiger partial charge is 0.465 e. The molecule has 1 aliphatic heterocycles. The van der Waals surface area contributed by atoms with Gasteiger partial charge in [0.15, 0.2) is 0 Å². The lowest BCUT2D eigenvalue weighted by Crippen LogP contribution is -2.43. The van der Waals surface area contributed by atoms with Gasteiger partial charge in [0.25, 0.3) is 0 Å². The second-order valence-electron chi connectivity index (χ2n) is 4.82. The quantitative estimate of drug-likeness (QED) is 0.830. The minimum atomic E-state index is -0.793. The van der Waals surface area contributed by atoms with Gasteiger partial charge in [-0.2, -0.15) is 0 Å². The molecule has 1 heterocycles. The average Bonchev–Trinajstić information content (AvgIpc) is 2.38. The van der Waals surface area contributed by atoms with E-state index >= 15 is 0 Å². The summed E-state index contributed by atoms with van der Waals surface area (Å²) in [5.41, 5.74) is 1.35. The smallest absolute Gasteiger partial charge is 0.407 e. The van der Waals surface area contributed by atoms with Gasteiger partial charge in [0, 0.05) is 17.5 Å². The van der Waals surface area contributed by atoms with Crippen LogP contribution in [0.25, 0.3) is 0 Å². The Morgan fingerprint density at radius 3 is 2.89 bits per heavy atom. The monoisotopic (exact) mass is 265 g/mol. The molecule has 0 spiro atoms. The zero-order valence-corrected chi connectivity index (χ0v) is 11.6. The molecule has 4 heteroatoms.